The predicted molar refractivity (Wildman–Crippen MR) is 61.1 cm³/mol. The largest absolute Gasteiger partial charge is 0.465 e. The summed E-state index contributed by atoms with van der Waals surface area (Å²) in [6.07, 6.45) is 1.69. The van der Waals surface area contributed by atoms with Crippen molar-refractivity contribution in [1.29, 1.82) is 0 Å². The lowest BCUT2D eigenvalue weighted by atomic mass is 10.2. The van der Waals surface area contributed by atoms with Gasteiger partial charge in [0.25, 0.3) is 0 Å². The monoisotopic (exact) mass is 255 g/mol. The topological polar surface area (TPSA) is 72.5 Å². The summed E-state index contributed by atoms with van der Waals surface area (Å²) in [6.45, 7) is 0. The third-order valence-electron chi connectivity index (χ3n) is 2.48. The molecule has 1 saturated carbocycles. The van der Waals surface area contributed by atoms with E-state index in [9.17, 15) is 13.2 Å². The SMILES string of the molecule is COC(=O)c1ccccc1S(=O)(=O)NC1CC1. The van der Waals surface area contributed by atoms with E-state index < -0.39 is 16.0 Å². The van der Waals surface area contributed by atoms with Crippen molar-refractivity contribution in [3.05, 3.63) is 29.8 Å². The number of sulfonamides is 1. The van der Waals surface area contributed by atoms with Gasteiger partial charge in [0, 0.05) is 6.04 Å². The van der Waals surface area contributed by atoms with Gasteiger partial charge in [0.1, 0.15) is 0 Å². The van der Waals surface area contributed by atoms with Crippen LogP contribution in [0.15, 0.2) is 29.2 Å². The molecule has 0 heterocycles. The second-order valence-electron chi connectivity index (χ2n) is 3.88. The van der Waals surface area contributed by atoms with Crippen molar-refractivity contribution in [3.63, 3.8) is 0 Å². The Morgan fingerprint density at radius 1 is 1.35 bits per heavy atom. The molecule has 0 amide bonds. The standard InChI is InChI=1S/C11H13NO4S/c1-16-11(13)9-4-2-3-5-10(9)17(14,15)12-8-6-7-8/h2-5,8,12H,6-7H2,1H3. The second kappa shape index (κ2) is 4.46. The Balaban J connectivity index is 2.39. The Kier molecular flexibility index (Phi) is 3.17. The lowest BCUT2D eigenvalue weighted by Gasteiger charge is -2.09. The van der Waals surface area contributed by atoms with Crippen LogP contribution < -0.4 is 4.72 Å². The number of benzene rings is 1. The molecule has 1 aliphatic rings. The number of methoxy groups -OCH3 is 1. The molecule has 0 saturated heterocycles. The highest BCUT2D eigenvalue weighted by molar-refractivity contribution is 7.89. The quantitative estimate of drug-likeness (QED) is 0.812. The minimum Gasteiger partial charge on any atom is -0.465 e. The molecule has 0 aromatic heterocycles. The zero-order chi connectivity index (χ0) is 12.5. The van der Waals surface area contributed by atoms with E-state index in [0.717, 1.165) is 12.8 Å². The molecule has 1 N–H and O–H groups in total. The number of nitrogens with one attached hydrogen (secondary N) is 1. The molecule has 6 heteroatoms. The van der Waals surface area contributed by atoms with Gasteiger partial charge in [-0.15, -0.1) is 0 Å². The summed E-state index contributed by atoms with van der Waals surface area (Å²) in [7, 11) is -2.41. The van der Waals surface area contributed by atoms with Gasteiger partial charge < -0.3 is 4.74 Å². The first kappa shape index (κ1) is 12.1. The maximum Gasteiger partial charge on any atom is 0.339 e. The van der Waals surface area contributed by atoms with E-state index in [1.807, 2.05) is 0 Å². The van der Waals surface area contributed by atoms with Gasteiger partial charge in [0.05, 0.1) is 17.6 Å². The Labute approximate surface area is 99.8 Å². The van der Waals surface area contributed by atoms with E-state index in [-0.39, 0.29) is 16.5 Å². The molecule has 0 aliphatic heterocycles. The Morgan fingerprint density at radius 3 is 2.59 bits per heavy atom. The third kappa shape index (κ3) is 2.65. The van der Waals surface area contributed by atoms with Gasteiger partial charge in [-0.1, -0.05) is 12.1 Å². The third-order valence-corrected chi connectivity index (χ3v) is 4.06. The number of carbonyl (C=O) groups excluding carboxylic acids is 1. The normalized spacial score (nSPS) is 15.6. The molecular formula is C11H13NO4S. The average molecular weight is 255 g/mol. The van der Waals surface area contributed by atoms with Crippen LogP contribution in [0.3, 0.4) is 0 Å². The van der Waals surface area contributed by atoms with E-state index in [0.29, 0.717) is 0 Å². The summed E-state index contributed by atoms with van der Waals surface area (Å²) in [5.41, 5.74) is 0.0585. The first-order valence-corrected chi connectivity index (χ1v) is 6.72. The highest BCUT2D eigenvalue weighted by Crippen LogP contribution is 2.23. The molecule has 0 atom stereocenters. The van der Waals surface area contributed by atoms with Crippen LogP contribution in [0.25, 0.3) is 0 Å². The van der Waals surface area contributed by atoms with Crippen LogP contribution in [0.5, 0.6) is 0 Å². The highest BCUT2D eigenvalue weighted by Gasteiger charge is 2.30. The van der Waals surface area contributed by atoms with E-state index >= 15 is 0 Å². The van der Waals surface area contributed by atoms with Crippen LogP contribution in [-0.2, 0) is 14.8 Å². The molecule has 0 bridgehead atoms. The first-order chi connectivity index (χ1) is 8.04. The van der Waals surface area contributed by atoms with Crippen molar-refractivity contribution < 1.29 is 17.9 Å². The number of carbonyl (C=O) groups is 1. The molecule has 1 aliphatic carbocycles. The van der Waals surface area contributed by atoms with Gasteiger partial charge in [0.15, 0.2) is 0 Å². The summed E-state index contributed by atoms with van der Waals surface area (Å²) in [5.74, 6) is -0.651. The molecule has 17 heavy (non-hydrogen) atoms. The van der Waals surface area contributed by atoms with Crippen LogP contribution in [0.1, 0.15) is 23.2 Å². The molecule has 0 unspecified atom stereocenters. The second-order valence-corrected chi connectivity index (χ2v) is 5.57. The molecular weight excluding hydrogens is 242 g/mol. The molecule has 0 radical (unpaired) electrons. The Morgan fingerprint density at radius 2 is 2.00 bits per heavy atom. The predicted octanol–water partition coefficient (Wildman–Crippen LogP) is 0.914. The van der Waals surface area contributed by atoms with Crippen LogP contribution >= 0.6 is 0 Å². The maximum absolute atomic E-state index is 12.0. The first-order valence-electron chi connectivity index (χ1n) is 5.24. The zero-order valence-electron chi connectivity index (χ0n) is 9.34. The van der Waals surface area contributed by atoms with Gasteiger partial charge in [-0.2, -0.15) is 0 Å². The number of esters is 1. The van der Waals surface area contributed by atoms with Crippen LogP contribution in [0.4, 0.5) is 0 Å². The zero-order valence-corrected chi connectivity index (χ0v) is 10.2. The number of hydrogen-bond acceptors (Lipinski definition) is 4. The number of rotatable bonds is 4. The minimum absolute atomic E-state index is 0.00528. The van der Waals surface area contributed by atoms with Gasteiger partial charge in [0.2, 0.25) is 10.0 Å². The molecule has 92 valence electrons. The van der Waals surface area contributed by atoms with E-state index in [4.69, 9.17) is 0 Å². The number of ether oxygens (including phenoxy) is 1. The van der Waals surface area contributed by atoms with Gasteiger partial charge in [-0.3, -0.25) is 0 Å². The molecule has 1 fully saturated rings. The van der Waals surface area contributed by atoms with Gasteiger partial charge in [-0.25, -0.2) is 17.9 Å². The van der Waals surface area contributed by atoms with Crippen LogP contribution in [0.2, 0.25) is 0 Å². The fraction of sp³-hybridized carbons (Fsp3) is 0.364. The van der Waals surface area contributed by atoms with Gasteiger partial charge >= 0.3 is 5.97 Å². The van der Waals surface area contributed by atoms with Crippen molar-refractivity contribution in [3.8, 4) is 0 Å². The summed E-state index contributed by atoms with van der Waals surface area (Å²) in [6, 6.07) is 6.02. The molecule has 5 nitrogen and oxygen atoms in total. The number of hydrogen-bond donors (Lipinski definition) is 1. The lowest BCUT2D eigenvalue weighted by Crippen LogP contribution is -2.27. The summed E-state index contributed by atoms with van der Waals surface area (Å²) in [5, 5.41) is 0. The molecule has 2 rings (SSSR count). The Hall–Kier alpha value is -1.40. The average Bonchev–Trinajstić information content (AvgIpc) is 3.11. The van der Waals surface area contributed by atoms with Crippen molar-refractivity contribution >= 4 is 16.0 Å². The van der Waals surface area contributed by atoms with Crippen LogP contribution in [0, 0.1) is 0 Å². The molecule has 1 aromatic carbocycles. The maximum atomic E-state index is 12.0. The summed E-state index contributed by atoms with van der Waals surface area (Å²) >= 11 is 0. The minimum atomic E-state index is -3.63. The van der Waals surface area contributed by atoms with E-state index in [2.05, 4.69) is 9.46 Å². The smallest absolute Gasteiger partial charge is 0.339 e. The fourth-order valence-corrected chi connectivity index (χ4v) is 2.96. The van der Waals surface area contributed by atoms with E-state index in [1.165, 1.54) is 19.2 Å². The van der Waals surface area contributed by atoms with Crippen molar-refractivity contribution in [2.45, 2.75) is 23.8 Å². The molecule has 0 spiro atoms. The van der Waals surface area contributed by atoms with E-state index in [1.54, 1.807) is 12.1 Å². The Bertz CT molecular complexity index is 534. The highest BCUT2D eigenvalue weighted by atomic mass is 32.2. The lowest BCUT2D eigenvalue weighted by molar-refractivity contribution is 0.0596. The molecule has 1 aromatic rings. The van der Waals surface area contributed by atoms with Crippen molar-refractivity contribution in [2.24, 2.45) is 0 Å². The van der Waals surface area contributed by atoms with Crippen molar-refractivity contribution in [1.82, 2.24) is 4.72 Å². The van der Waals surface area contributed by atoms with Crippen LogP contribution in [-0.4, -0.2) is 27.5 Å². The van der Waals surface area contributed by atoms with Gasteiger partial charge in [-0.05, 0) is 25.0 Å². The summed E-state index contributed by atoms with van der Waals surface area (Å²) in [4.78, 5) is 11.4. The van der Waals surface area contributed by atoms with Crippen molar-refractivity contribution in [2.75, 3.05) is 7.11 Å². The summed E-state index contributed by atoms with van der Waals surface area (Å²) < 4.78 is 31.1. The fourth-order valence-electron chi connectivity index (χ4n) is 1.46.